The molecule has 0 aromatic carbocycles. The average Bonchev–Trinajstić information content (AvgIpc) is 2.79. The number of hydrogen-bond donors (Lipinski definition) is 2. The third kappa shape index (κ3) is 7.45. The Bertz CT molecular complexity index is 386. The Balaban J connectivity index is 2.51. The van der Waals surface area contributed by atoms with E-state index in [0.29, 0.717) is 6.42 Å². The number of aliphatic hydroxyl groups excluding tert-OH is 2. The van der Waals surface area contributed by atoms with Crippen molar-refractivity contribution >= 4 is 5.78 Å². The molecule has 1 saturated carbocycles. The first-order valence-corrected chi connectivity index (χ1v) is 9.32. The zero-order valence-corrected chi connectivity index (χ0v) is 14.8. The van der Waals surface area contributed by atoms with E-state index in [9.17, 15) is 15.0 Å². The molecule has 0 unspecified atom stereocenters. The molecule has 1 aliphatic carbocycles. The summed E-state index contributed by atoms with van der Waals surface area (Å²) < 4.78 is 0. The second-order valence-electron chi connectivity index (χ2n) is 6.72. The van der Waals surface area contributed by atoms with E-state index in [4.69, 9.17) is 0 Å². The van der Waals surface area contributed by atoms with Crippen LogP contribution in [0.1, 0.15) is 71.6 Å². The van der Waals surface area contributed by atoms with E-state index in [1.165, 1.54) is 12.8 Å². The van der Waals surface area contributed by atoms with Gasteiger partial charge in [-0.2, -0.15) is 0 Å². The number of carbonyl (C=O) groups is 1. The van der Waals surface area contributed by atoms with Crippen molar-refractivity contribution in [1.29, 1.82) is 0 Å². The van der Waals surface area contributed by atoms with Gasteiger partial charge in [0.25, 0.3) is 0 Å². The minimum absolute atomic E-state index is 0.137. The van der Waals surface area contributed by atoms with Crippen LogP contribution in [0.2, 0.25) is 0 Å². The van der Waals surface area contributed by atoms with Crippen LogP contribution in [0.25, 0.3) is 0 Å². The summed E-state index contributed by atoms with van der Waals surface area (Å²) in [6.45, 7) is 4.30. The van der Waals surface area contributed by atoms with E-state index in [2.05, 4.69) is 26.0 Å². The molecule has 0 aliphatic heterocycles. The molecule has 0 saturated heterocycles. The number of Topliss-reactive ketones (excluding diaryl/α,β-unsaturated/α-hetero) is 1. The molecule has 3 nitrogen and oxygen atoms in total. The molecule has 0 aromatic heterocycles. The smallest absolute Gasteiger partial charge is 0.139 e. The lowest BCUT2D eigenvalue weighted by Crippen LogP contribution is -2.18. The van der Waals surface area contributed by atoms with E-state index in [0.717, 1.165) is 32.1 Å². The van der Waals surface area contributed by atoms with Gasteiger partial charge in [0.2, 0.25) is 0 Å². The molecule has 0 aromatic rings. The molecule has 23 heavy (non-hydrogen) atoms. The first-order valence-electron chi connectivity index (χ1n) is 9.32. The summed E-state index contributed by atoms with van der Waals surface area (Å²) >= 11 is 0. The van der Waals surface area contributed by atoms with Gasteiger partial charge in [0.05, 0.1) is 12.2 Å². The fourth-order valence-corrected chi connectivity index (χ4v) is 3.17. The zero-order valence-electron chi connectivity index (χ0n) is 14.8. The van der Waals surface area contributed by atoms with Crippen LogP contribution < -0.4 is 0 Å². The standard InChI is InChI=1S/C20H34O3/c1-3-5-7-8-10-12-17-18(20(23)15-19(17)22)14-13-16(21)11-9-6-4-2/h8,10,13-14,16-18,20-21,23H,3-7,9,11-12,15H2,1-2H3/b10-8-,14-13+/t16-,17+,18+,20+/m0/s1. The molecule has 0 spiro atoms. The fraction of sp³-hybridized carbons (Fsp3) is 0.750. The zero-order chi connectivity index (χ0) is 17.1. The molecule has 0 radical (unpaired) electrons. The molecule has 4 atom stereocenters. The molecule has 132 valence electrons. The monoisotopic (exact) mass is 322 g/mol. The molecular formula is C20H34O3. The van der Waals surface area contributed by atoms with Crippen LogP contribution in [0.15, 0.2) is 24.3 Å². The highest BCUT2D eigenvalue weighted by Crippen LogP contribution is 2.33. The number of unbranched alkanes of at least 4 members (excludes halogenated alkanes) is 4. The highest BCUT2D eigenvalue weighted by atomic mass is 16.3. The van der Waals surface area contributed by atoms with E-state index >= 15 is 0 Å². The van der Waals surface area contributed by atoms with Crippen molar-refractivity contribution in [2.75, 3.05) is 0 Å². The van der Waals surface area contributed by atoms with Gasteiger partial charge in [-0.25, -0.2) is 0 Å². The van der Waals surface area contributed by atoms with E-state index in [1.54, 1.807) is 6.08 Å². The Labute approximate surface area is 141 Å². The molecule has 0 bridgehead atoms. The molecule has 1 aliphatic rings. The summed E-state index contributed by atoms with van der Waals surface area (Å²) in [6.07, 6.45) is 15.2. The summed E-state index contributed by atoms with van der Waals surface area (Å²) in [6, 6.07) is 0. The fourth-order valence-electron chi connectivity index (χ4n) is 3.17. The van der Waals surface area contributed by atoms with Crippen LogP contribution in [0.4, 0.5) is 0 Å². The van der Waals surface area contributed by atoms with Gasteiger partial charge in [-0.15, -0.1) is 0 Å². The Morgan fingerprint density at radius 1 is 1.17 bits per heavy atom. The van der Waals surface area contributed by atoms with Gasteiger partial charge < -0.3 is 10.2 Å². The lowest BCUT2D eigenvalue weighted by atomic mass is 9.90. The summed E-state index contributed by atoms with van der Waals surface area (Å²) in [5.41, 5.74) is 0. The minimum Gasteiger partial charge on any atom is -0.392 e. The van der Waals surface area contributed by atoms with Crippen LogP contribution in [-0.2, 0) is 4.79 Å². The van der Waals surface area contributed by atoms with Gasteiger partial charge in [0, 0.05) is 18.3 Å². The van der Waals surface area contributed by atoms with Gasteiger partial charge in [-0.05, 0) is 19.3 Å². The van der Waals surface area contributed by atoms with Crippen LogP contribution in [-0.4, -0.2) is 28.2 Å². The quantitative estimate of drug-likeness (QED) is 0.443. The van der Waals surface area contributed by atoms with Crippen LogP contribution in [0, 0.1) is 11.8 Å². The molecule has 0 heterocycles. The lowest BCUT2D eigenvalue weighted by molar-refractivity contribution is -0.121. The molecule has 1 fully saturated rings. The van der Waals surface area contributed by atoms with Crippen LogP contribution in [0.5, 0.6) is 0 Å². The van der Waals surface area contributed by atoms with Crippen molar-refractivity contribution in [2.45, 2.75) is 83.8 Å². The number of rotatable bonds is 11. The summed E-state index contributed by atoms with van der Waals surface area (Å²) in [5, 5.41) is 20.1. The Morgan fingerprint density at radius 3 is 2.61 bits per heavy atom. The molecular weight excluding hydrogens is 288 g/mol. The number of ketones is 1. The Hall–Kier alpha value is -0.930. The highest BCUT2D eigenvalue weighted by Gasteiger charge is 2.39. The first-order chi connectivity index (χ1) is 11.1. The number of allylic oxidation sites excluding steroid dienone is 2. The van der Waals surface area contributed by atoms with Crippen molar-refractivity contribution in [3.05, 3.63) is 24.3 Å². The summed E-state index contributed by atoms with van der Waals surface area (Å²) in [5.74, 6) is -0.145. The van der Waals surface area contributed by atoms with Gasteiger partial charge in [-0.3, -0.25) is 4.79 Å². The predicted octanol–water partition coefficient (Wildman–Crippen LogP) is 4.19. The molecule has 0 amide bonds. The van der Waals surface area contributed by atoms with E-state index in [1.807, 2.05) is 6.08 Å². The van der Waals surface area contributed by atoms with Gasteiger partial charge in [0.15, 0.2) is 0 Å². The topological polar surface area (TPSA) is 57.5 Å². The van der Waals surface area contributed by atoms with Crippen LogP contribution >= 0.6 is 0 Å². The molecule has 3 heteroatoms. The maximum absolute atomic E-state index is 12.1. The maximum atomic E-state index is 12.1. The third-order valence-corrected chi connectivity index (χ3v) is 4.67. The highest BCUT2D eigenvalue weighted by molar-refractivity contribution is 5.84. The molecule has 2 N–H and O–H groups in total. The Morgan fingerprint density at radius 2 is 1.91 bits per heavy atom. The van der Waals surface area contributed by atoms with Gasteiger partial charge >= 0.3 is 0 Å². The van der Waals surface area contributed by atoms with Crippen molar-refractivity contribution < 1.29 is 15.0 Å². The number of hydrogen-bond acceptors (Lipinski definition) is 3. The first kappa shape index (κ1) is 20.1. The van der Waals surface area contributed by atoms with Gasteiger partial charge in [0.1, 0.15) is 5.78 Å². The normalized spacial score (nSPS) is 26.6. The van der Waals surface area contributed by atoms with Crippen molar-refractivity contribution in [3.63, 3.8) is 0 Å². The van der Waals surface area contributed by atoms with Gasteiger partial charge in [-0.1, -0.05) is 70.3 Å². The second-order valence-corrected chi connectivity index (χ2v) is 6.72. The second kappa shape index (κ2) is 11.6. The minimum atomic E-state index is -0.601. The summed E-state index contributed by atoms with van der Waals surface area (Å²) in [4.78, 5) is 12.1. The molecule has 1 rings (SSSR count). The number of aliphatic hydroxyl groups is 2. The average molecular weight is 322 g/mol. The van der Waals surface area contributed by atoms with Crippen molar-refractivity contribution in [1.82, 2.24) is 0 Å². The number of carbonyl (C=O) groups excluding carboxylic acids is 1. The van der Waals surface area contributed by atoms with Crippen LogP contribution in [0.3, 0.4) is 0 Å². The predicted molar refractivity (Wildman–Crippen MR) is 95.2 cm³/mol. The van der Waals surface area contributed by atoms with Crippen molar-refractivity contribution in [3.8, 4) is 0 Å². The van der Waals surface area contributed by atoms with E-state index in [-0.39, 0.29) is 24.0 Å². The van der Waals surface area contributed by atoms with E-state index < -0.39 is 12.2 Å². The maximum Gasteiger partial charge on any atom is 0.139 e. The largest absolute Gasteiger partial charge is 0.392 e. The lowest BCUT2D eigenvalue weighted by Gasteiger charge is -2.16. The van der Waals surface area contributed by atoms with Crippen molar-refractivity contribution in [2.24, 2.45) is 11.8 Å². The summed E-state index contributed by atoms with van der Waals surface area (Å²) in [7, 11) is 0. The SMILES string of the molecule is CCCC/C=C\C[C@H]1C(=O)C[C@@H](O)[C@@H]1/C=C/[C@@H](O)CCCCC. The third-order valence-electron chi connectivity index (χ3n) is 4.67. The Kier molecular flexibility index (Phi) is 10.1.